The number of nitrogens with two attached hydrogens (primary N) is 1. The second-order valence-electron chi connectivity index (χ2n) is 3.86. The van der Waals surface area contributed by atoms with Gasteiger partial charge < -0.3 is 0 Å². The van der Waals surface area contributed by atoms with Gasteiger partial charge in [0, 0.05) is 11.8 Å². The summed E-state index contributed by atoms with van der Waals surface area (Å²) < 4.78 is 0. The molecule has 3 N–H and O–H groups in total. The van der Waals surface area contributed by atoms with E-state index in [4.69, 9.17) is 5.84 Å². The van der Waals surface area contributed by atoms with Crippen molar-refractivity contribution in [1.82, 2.24) is 5.43 Å². The van der Waals surface area contributed by atoms with Crippen LogP contribution < -0.4 is 11.3 Å². The van der Waals surface area contributed by atoms with Crippen molar-refractivity contribution in [3.63, 3.8) is 0 Å². The lowest BCUT2D eigenvalue weighted by molar-refractivity contribution is 0.387. The first-order chi connectivity index (χ1) is 6.78. The molecule has 0 saturated heterocycles. The maximum atomic E-state index is 5.55. The molecule has 0 amide bonds. The summed E-state index contributed by atoms with van der Waals surface area (Å²) in [6.07, 6.45) is 5.02. The van der Waals surface area contributed by atoms with Crippen molar-refractivity contribution in [1.29, 1.82) is 0 Å². The molecule has 0 heterocycles. The Bertz CT molecular complexity index is 116. The maximum Gasteiger partial charge on any atom is 0.0303 e. The molecule has 0 aromatic rings. The van der Waals surface area contributed by atoms with Gasteiger partial charge in [-0.2, -0.15) is 11.8 Å². The van der Waals surface area contributed by atoms with Crippen LogP contribution in [-0.4, -0.2) is 17.5 Å². The van der Waals surface area contributed by atoms with E-state index in [2.05, 4.69) is 26.2 Å². The summed E-state index contributed by atoms with van der Waals surface area (Å²) in [5, 5.41) is 0. The zero-order valence-corrected chi connectivity index (χ0v) is 10.7. The lowest BCUT2D eigenvalue weighted by Gasteiger charge is -2.20. The van der Waals surface area contributed by atoms with Crippen molar-refractivity contribution >= 4 is 11.8 Å². The van der Waals surface area contributed by atoms with Crippen molar-refractivity contribution in [2.24, 2.45) is 11.8 Å². The summed E-state index contributed by atoms with van der Waals surface area (Å²) in [5.41, 5.74) is 2.94. The maximum absolute atomic E-state index is 5.55. The molecule has 2 nitrogen and oxygen atoms in total. The van der Waals surface area contributed by atoms with E-state index in [1.807, 2.05) is 11.8 Å². The van der Waals surface area contributed by atoms with Crippen molar-refractivity contribution in [3.05, 3.63) is 0 Å². The molecule has 1 atom stereocenters. The van der Waals surface area contributed by atoms with Gasteiger partial charge in [0.25, 0.3) is 0 Å². The van der Waals surface area contributed by atoms with Gasteiger partial charge in [0.2, 0.25) is 0 Å². The number of hydrogen-bond acceptors (Lipinski definition) is 3. The Morgan fingerprint density at radius 2 is 1.86 bits per heavy atom. The fraction of sp³-hybridized carbons (Fsp3) is 1.00. The minimum atomic E-state index is 0.497. The molecule has 1 unspecified atom stereocenters. The minimum Gasteiger partial charge on any atom is -0.271 e. The van der Waals surface area contributed by atoms with Crippen molar-refractivity contribution in [3.8, 4) is 0 Å². The van der Waals surface area contributed by atoms with Crippen LogP contribution in [0.15, 0.2) is 0 Å². The normalized spacial score (nSPS) is 13.5. The molecular weight excluding hydrogens is 192 g/mol. The predicted molar refractivity (Wildman–Crippen MR) is 67.4 cm³/mol. The molecular formula is C11H26N2S. The van der Waals surface area contributed by atoms with Gasteiger partial charge in [0.15, 0.2) is 0 Å². The average Bonchev–Trinajstić information content (AvgIpc) is 2.23. The topological polar surface area (TPSA) is 38.0 Å². The molecule has 0 saturated carbocycles. The molecule has 0 fully saturated rings. The van der Waals surface area contributed by atoms with E-state index >= 15 is 0 Å². The summed E-state index contributed by atoms with van der Waals surface area (Å²) >= 11 is 2.01. The number of nitrogens with one attached hydrogen (secondary N) is 1. The van der Waals surface area contributed by atoms with Crippen LogP contribution in [0.3, 0.4) is 0 Å². The van der Waals surface area contributed by atoms with E-state index < -0.39 is 0 Å². The second kappa shape index (κ2) is 9.81. The van der Waals surface area contributed by atoms with Gasteiger partial charge in [0.1, 0.15) is 0 Å². The third-order valence-corrected chi connectivity index (χ3v) is 4.01. The van der Waals surface area contributed by atoms with E-state index in [1.165, 1.54) is 31.4 Å². The molecule has 3 heteroatoms. The highest BCUT2D eigenvalue weighted by Gasteiger charge is 2.12. The Labute approximate surface area is 93.4 Å². The number of rotatable bonds is 9. The highest BCUT2D eigenvalue weighted by atomic mass is 32.2. The molecule has 0 aliphatic heterocycles. The molecule has 0 radical (unpaired) electrons. The standard InChI is InChI=1S/C11H26N2S/c1-4-7-14-9-11(13-12)8-10(5-2)6-3/h10-11,13H,4-9,12H2,1-3H3. The van der Waals surface area contributed by atoms with Crippen LogP contribution in [0.5, 0.6) is 0 Å². The van der Waals surface area contributed by atoms with Crippen LogP contribution in [0, 0.1) is 5.92 Å². The quantitative estimate of drug-likeness (QED) is 0.355. The smallest absolute Gasteiger partial charge is 0.0303 e. The van der Waals surface area contributed by atoms with Gasteiger partial charge in [-0.15, -0.1) is 0 Å². The van der Waals surface area contributed by atoms with E-state index in [0.717, 1.165) is 11.7 Å². The number of hydrazine groups is 1. The van der Waals surface area contributed by atoms with Gasteiger partial charge in [0.05, 0.1) is 0 Å². The lowest BCUT2D eigenvalue weighted by Crippen LogP contribution is -2.38. The molecule has 0 spiro atoms. The molecule has 0 aromatic heterocycles. The van der Waals surface area contributed by atoms with E-state index in [1.54, 1.807) is 0 Å². The number of thioether (sulfide) groups is 1. The molecule has 0 aliphatic rings. The lowest BCUT2D eigenvalue weighted by atomic mass is 9.96. The van der Waals surface area contributed by atoms with Crippen LogP contribution in [-0.2, 0) is 0 Å². The first-order valence-electron chi connectivity index (χ1n) is 5.82. The fourth-order valence-electron chi connectivity index (χ4n) is 1.58. The van der Waals surface area contributed by atoms with Gasteiger partial charge >= 0.3 is 0 Å². The molecule has 0 rings (SSSR count). The van der Waals surface area contributed by atoms with Crippen molar-refractivity contribution in [2.45, 2.75) is 52.5 Å². The first kappa shape index (κ1) is 14.3. The highest BCUT2D eigenvalue weighted by molar-refractivity contribution is 7.99. The second-order valence-corrected chi connectivity index (χ2v) is 5.01. The average molecular weight is 218 g/mol. The van der Waals surface area contributed by atoms with E-state index in [9.17, 15) is 0 Å². The van der Waals surface area contributed by atoms with Gasteiger partial charge in [-0.05, 0) is 24.5 Å². The van der Waals surface area contributed by atoms with Gasteiger partial charge in [-0.1, -0.05) is 33.6 Å². The highest BCUT2D eigenvalue weighted by Crippen LogP contribution is 2.17. The van der Waals surface area contributed by atoms with Crippen LogP contribution in [0.1, 0.15) is 46.5 Å². The third-order valence-electron chi connectivity index (χ3n) is 2.68. The van der Waals surface area contributed by atoms with E-state index in [0.29, 0.717) is 6.04 Å². The van der Waals surface area contributed by atoms with Crippen molar-refractivity contribution in [2.75, 3.05) is 11.5 Å². The zero-order valence-electron chi connectivity index (χ0n) is 9.88. The Morgan fingerprint density at radius 1 is 1.21 bits per heavy atom. The SMILES string of the molecule is CCCSCC(CC(CC)CC)NN. The molecule has 14 heavy (non-hydrogen) atoms. The molecule has 0 bridgehead atoms. The Kier molecular flexibility index (Phi) is 10.0. The number of hydrogen-bond donors (Lipinski definition) is 2. The Hall–Kier alpha value is 0.270. The van der Waals surface area contributed by atoms with Crippen LogP contribution in [0.25, 0.3) is 0 Å². The Balaban J connectivity index is 3.65. The minimum absolute atomic E-state index is 0.497. The molecule has 0 aliphatic carbocycles. The van der Waals surface area contributed by atoms with Crippen LogP contribution in [0.2, 0.25) is 0 Å². The fourth-order valence-corrected chi connectivity index (χ4v) is 2.55. The predicted octanol–water partition coefficient (Wildman–Crippen LogP) is 2.79. The summed E-state index contributed by atoms with van der Waals surface area (Å²) in [6, 6.07) is 0.497. The summed E-state index contributed by atoms with van der Waals surface area (Å²) in [7, 11) is 0. The largest absolute Gasteiger partial charge is 0.271 e. The van der Waals surface area contributed by atoms with Gasteiger partial charge in [-0.3, -0.25) is 11.3 Å². The summed E-state index contributed by atoms with van der Waals surface area (Å²) in [4.78, 5) is 0. The molecule has 0 aromatic carbocycles. The van der Waals surface area contributed by atoms with E-state index in [-0.39, 0.29) is 0 Å². The summed E-state index contributed by atoms with van der Waals surface area (Å²) in [5.74, 6) is 8.79. The monoisotopic (exact) mass is 218 g/mol. The first-order valence-corrected chi connectivity index (χ1v) is 6.97. The Morgan fingerprint density at radius 3 is 2.29 bits per heavy atom. The summed E-state index contributed by atoms with van der Waals surface area (Å²) in [6.45, 7) is 6.75. The molecule has 86 valence electrons. The van der Waals surface area contributed by atoms with Crippen molar-refractivity contribution < 1.29 is 0 Å². The van der Waals surface area contributed by atoms with Gasteiger partial charge in [-0.25, -0.2) is 0 Å². The zero-order chi connectivity index (χ0) is 10.8. The van der Waals surface area contributed by atoms with Crippen LogP contribution in [0.4, 0.5) is 0 Å². The van der Waals surface area contributed by atoms with Crippen LogP contribution >= 0.6 is 11.8 Å². The third kappa shape index (κ3) is 6.68.